The summed E-state index contributed by atoms with van der Waals surface area (Å²) in [6.45, 7) is 1.56. The van der Waals surface area contributed by atoms with Crippen LogP contribution in [0.4, 0.5) is 0 Å². The Hall–Kier alpha value is -1.40. The molecule has 0 atom stereocenters. The smallest absolute Gasteiger partial charge is 0.240 e. The number of hydrogen-bond acceptors (Lipinski definition) is 3. The maximum Gasteiger partial charge on any atom is 0.240 e. The first-order valence-electron chi connectivity index (χ1n) is 9.44. The fraction of sp³-hybridized carbons (Fsp3) is 0.632. The molecule has 1 saturated heterocycles. The summed E-state index contributed by atoms with van der Waals surface area (Å²) in [7, 11) is -3.45. The highest BCUT2D eigenvalue weighted by Crippen LogP contribution is 2.20. The van der Waals surface area contributed by atoms with Crippen LogP contribution in [0.3, 0.4) is 0 Å². The van der Waals surface area contributed by atoms with Gasteiger partial charge in [-0.25, -0.2) is 13.1 Å². The average Bonchev–Trinajstić information content (AvgIpc) is 2.84. The van der Waals surface area contributed by atoms with E-state index in [-0.39, 0.29) is 11.9 Å². The summed E-state index contributed by atoms with van der Waals surface area (Å²) in [5, 5.41) is 0. The van der Waals surface area contributed by atoms with Crippen molar-refractivity contribution in [2.45, 2.75) is 68.7 Å². The molecule has 2 fully saturated rings. The zero-order valence-electron chi connectivity index (χ0n) is 14.7. The second kappa shape index (κ2) is 8.32. The molecule has 1 aliphatic carbocycles. The lowest BCUT2D eigenvalue weighted by Gasteiger charge is -2.17. The van der Waals surface area contributed by atoms with E-state index in [1.54, 1.807) is 12.1 Å². The molecule has 6 heteroatoms. The van der Waals surface area contributed by atoms with Gasteiger partial charge >= 0.3 is 0 Å². The monoisotopic (exact) mass is 364 g/mol. The standard InChI is InChI=1S/C19H28N2O3S/c22-19-8-5-14-21(19)15-13-16-9-11-18(12-10-16)25(23,24)20-17-6-3-1-2-4-7-17/h9-12,17,20H,1-8,13-15H2. The molecule has 1 heterocycles. The summed E-state index contributed by atoms with van der Waals surface area (Å²) < 4.78 is 28.0. The van der Waals surface area contributed by atoms with Crippen LogP contribution in [0.25, 0.3) is 0 Å². The van der Waals surface area contributed by atoms with Gasteiger partial charge in [-0.05, 0) is 43.4 Å². The van der Waals surface area contributed by atoms with Gasteiger partial charge in [0.15, 0.2) is 0 Å². The van der Waals surface area contributed by atoms with Crippen LogP contribution in [0.2, 0.25) is 0 Å². The van der Waals surface area contributed by atoms with Gasteiger partial charge in [-0.1, -0.05) is 37.8 Å². The highest BCUT2D eigenvalue weighted by molar-refractivity contribution is 7.89. The molecule has 138 valence electrons. The third kappa shape index (κ3) is 5.05. The predicted octanol–water partition coefficient (Wildman–Crippen LogP) is 2.85. The number of carbonyl (C=O) groups is 1. The van der Waals surface area contributed by atoms with E-state index in [2.05, 4.69) is 4.72 Å². The molecule has 1 aromatic carbocycles. The number of rotatable bonds is 6. The van der Waals surface area contributed by atoms with E-state index in [0.29, 0.717) is 17.9 Å². The number of sulfonamides is 1. The van der Waals surface area contributed by atoms with Crippen LogP contribution in [0.1, 0.15) is 56.9 Å². The molecule has 0 unspecified atom stereocenters. The number of hydrogen-bond donors (Lipinski definition) is 1. The topological polar surface area (TPSA) is 66.5 Å². The Bertz CT molecular complexity index is 677. The molecule has 1 saturated carbocycles. The first kappa shape index (κ1) is 18.4. The summed E-state index contributed by atoms with van der Waals surface area (Å²) >= 11 is 0. The molecule has 1 aliphatic heterocycles. The van der Waals surface area contributed by atoms with Crippen molar-refractivity contribution in [1.29, 1.82) is 0 Å². The van der Waals surface area contributed by atoms with Gasteiger partial charge in [-0.3, -0.25) is 4.79 Å². The van der Waals surface area contributed by atoms with Crippen molar-refractivity contribution in [2.75, 3.05) is 13.1 Å². The molecule has 5 nitrogen and oxygen atoms in total. The maximum atomic E-state index is 12.6. The number of carbonyl (C=O) groups excluding carboxylic acids is 1. The molecule has 0 radical (unpaired) electrons. The SMILES string of the molecule is O=C1CCCN1CCc1ccc(S(=O)(=O)NC2CCCCCC2)cc1. The van der Waals surface area contributed by atoms with E-state index >= 15 is 0 Å². The van der Waals surface area contributed by atoms with E-state index in [1.807, 2.05) is 17.0 Å². The van der Waals surface area contributed by atoms with Crippen LogP contribution in [-0.2, 0) is 21.2 Å². The lowest BCUT2D eigenvalue weighted by Crippen LogP contribution is -2.34. The zero-order chi connectivity index (χ0) is 17.7. The molecule has 2 aliphatic rings. The van der Waals surface area contributed by atoms with Crippen LogP contribution in [0.5, 0.6) is 0 Å². The van der Waals surface area contributed by atoms with E-state index in [0.717, 1.165) is 50.6 Å². The highest BCUT2D eigenvalue weighted by atomic mass is 32.2. The summed E-state index contributed by atoms with van der Waals surface area (Å²) in [5.41, 5.74) is 1.06. The summed E-state index contributed by atoms with van der Waals surface area (Å²) in [5.74, 6) is 0.229. The molecule has 1 amide bonds. The summed E-state index contributed by atoms with van der Waals surface area (Å²) in [6, 6.07) is 7.15. The van der Waals surface area contributed by atoms with Crippen LogP contribution >= 0.6 is 0 Å². The Balaban J connectivity index is 1.57. The lowest BCUT2D eigenvalue weighted by atomic mass is 10.1. The van der Waals surface area contributed by atoms with Crippen LogP contribution in [0, 0.1) is 0 Å². The predicted molar refractivity (Wildman–Crippen MR) is 97.8 cm³/mol. The quantitative estimate of drug-likeness (QED) is 0.789. The molecular weight excluding hydrogens is 336 g/mol. The number of benzene rings is 1. The third-order valence-electron chi connectivity index (χ3n) is 5.25. The molecule has 25 heavy (non-hydrogen) atoms. The van der Waals surface area contributed by atoms with E-state index in [1.165, 1.54) is 12.8 Å². The molecule has 0 spiro atoms. The molecule has 0 aromatic heterocycles. The van der Waals surface area contributed by atoms with Crippen molar-refractivity contribution in [3.63, 3.8) is 0 Å². The van der Waals surface area contributed by atoms with E-state index in [4.69, 9.17) is 0 Å². The van der Waals surface area contributed by atoms with Crippen molar-refractivity contribution in [3.05, 3.63) is 29.8 Å². The van der Waals surface area contributed by atoms with Gasteiger partial charge in [0.25, 0.3) is 0 Å². The Kier molecular flexibility index (Phi) is 6.12. The Morgan fingerprint density at radius 1 is 1.00 bits per heavy atom. The molecule has 1 N–H and O–H groups in total. The Labute approximate surface area is 150 Å². The summed E-state index contributed by atoms with van der Waals surface area (Å²) in [4.78, 5) is 13.9. The second-order valence-corrected chi connectivity index (χ2v) is 8.90. The molecule has 0 bridgehead atoms. The number of amides is 1. The fourth-order valence-corrected chi connectivity index (χ4v) is 5.03. The fourth-order valence-electron chi connectivity index (χ4n) is 3.72. The van der Waals surface area contributed by atoms with Gasteiger partial charge in [-0.2, -0.15) is 0 Å². The van der Waals surface area contributed by atoms with Crippen LogP contribution in [-0.4, -0.2) is 38.4 Å². The minimum Gasteiger partial charge on any atom is -0.342 e. The number of nitrogens with one attached hydrogen (secondary N) is 1. The molecular formula is C19H28N2O3S. The number of nitrogens with zero attached hydrogens (tertiary/aromatic N) is 1. The highest BCUT2D eigenvalue weighted by Gasteiger charge is 2.22. The molecule has 1 aromatic rings. The van der Waals surface area contributed by atoms with Crippen LogP contribution < -0.4 is 4.72 Å². The second-order valence-electron chi connectivity index (χ2n) is 7.19. The van der Waals surface area contributed by atoms with Crippen LogP contribution in [0.15, 0.2) is 29.2 Å². The van der Waals surface area contributed by atoms with Crippen molar-refractivity contribution >= 4 is 15.9 Å². The zero-order valence-corrected chi connectivity index (χ0v) is 15.6. The van der Waals surface area contributed by atoms with Gasteiger partial charge in [0.1, 0.15) is 0 Å². The normalized spacial score (nSPS) is 20.0. The van der Waals surface area contributed by atoms with E-state index in [9.17, 15) is 13.2 Å². The first-order valence-corrected chi connectivity index (χ1v) is 10.9. The third-order valence-corrected chi connectivity index (χ3v) is 6.79. The van der Waals surface area contributed by atoms with Gasteiger partial charge in [-0.15, -0.1) is 0 Å². The largest absolute Gasteiger partial charge is 0.342 e. The van der Waals surface area contributed by atoms with Gasteiger partial charge in [0.05, 0.1) is 4.90 Å². The maximum absolute atomic E-state index is 12.6. The van der Waals surface area contributed by atoms with Gasteiger partial charge in [0, 0.05) is 25.6 Å². The Morgan fingerprint density at radius 2 is 1.68 bits per heavy atom. The Morgan fingerprint density at radius 3 is 2.28 bits per heavy atom. The first-order chi connectivity index (χ1) is 12.0. The van der Waals surface area contributed by atoms with Crippen molar-refractivity contribution in [2.24, 2.45) is 0 Å². The van der Waals surface area contributed by atoms with Crippen molar-refractivity contribution in [1.82, 2.24) is 9.62 Å². The van der Waals surface area contributed by atoms with Gasteiger partial charge < -0.3 is 4.90 Å². The van der Waals surface area contributed by atoms with Gasteiger partial charge in [0.2, 0.25) is 15.9 Å². The minimum atomic E-state index is -3.45. The van der Waals surface area contributed by atoms with Crippen molar-refractivity contribution < 1.29 is 13.2 Å². The lowest BCUT2D eigenvalue weighted by molar-refractivity contribution is -0.127. The average molecular weight is 365 g/mol. The number of likely N-dealkylation sites (tertiary alicyclic amines) is 1. The summed E-state index contributed by atoms with van der Waals surface area (Å²) in [6.07, 6.45) is 8.83. The van der Waals surface area contributed by atoms with E-state index < -0.39 is 10.0 Å². The van der Waals surface area contributed by atoms with Crippen molar-refractivity contribution in [3.8, 4) is 0 Å². The minimum absolute atomic E-state index is 0.0633. The molecule has 3 rings (SSSR count).